The van der Waals surface area contributed by atoms with Gasteiger partial charge in [-0.1, -0.05) is 17.7 Å². The van der Waals surface area contributed by atoms with Gasteiger partial charge < -0.3 is 29.6 Å². The number of nitrogens with zero attached hydrogens (tertiary/aromatic N) is 3. The molecule has 5 rings (SSSR count). The third-order valence-corrected chi connectivity index (χ3v) is 5.61. The molecule has 5 aromatic rings. The molecular weight excluding hydrogens is 533 g/mol. The number of benzene rings is 3. The number of hydrogen-bond donors (Lipinski definition) is 3. The molecule has 0 atom stereocenters. The molecule has 0 amide bonds. The maximum atomic E-state index is 14.0. The molecule has 39 heavy (non-hydrogen) atoms. The van der Waals surface area contributed by atoms with Gasteiger partial charge in [0.1, 0.15) is 12.1 Å². The first kappa shape index (κ1) is 27.1. The standard InChI is InChI=1S/C15H11ClFN3O2.C11H10N2O4/c1-22-13-6-11-8(5-12(13)21)15(19-7-18-11)20-10-4-2-3-9(16)14(10)17;1-6(14)17-10-3-7-8(4-9(10)16-2)12-5-13-11(7)15/h2-7,21H,1H3,(H,18,19,20);3-5H,1-2H3,(H,12,13,15). The van der Waals surface area contributed by atoms with Crippen molar-refractivity contribution in [3.63, 3.8) is 0 Å². The van der Waals surface area contributed by atoms with Crippen LogP contribution in [-0.2, 0) is 4.79 Å². The molecule has 0 aliphatic heterocycles. The second-order valence-electron chi connectivity index (χ2n) is 7.84. The predicted octanol–water partition coefficient (Wildman–Crippen LogP) is 4.74. The molecule has 11 nitrogen and oxygen atoms in total. The molecule has 0 aliphatic carbocycles. The van der Waals surface area contributed by atoms with Crippen LogP contribution < -0.4 is 25.1 Å². The van der Waals surface area contributed by atoms with Crippen molar-refractivity contribution in [2.75, 3.05) is 19.5 Å². The van der Waals surface area contributed by atoms with Crippen molar-refractivity contribution in [3.05, 3.63) is 76.3 Å². The van der Waals surface area contributed by atoms with Crippen LogP contribution in [0.5, 0.6) is 23.0 Å². The van der Waals surface area contributed by atoms with Gasteiger partial charge >= 0.3 is 5.97 Å². The number of carbonyl (C=O) groups excluding carboxylic acids is 1. The minimum atomic E-state index is -0.575. The normalized spacial score (nSPS) is 10.5. The van der Waals surface area contributed by atoms with Crippen molar-refractivity contribution in [3.8, 4) is 23.0 Å². The quantitative estimate of drug-likeness (QED) is 0.206. The van der Waals surface area contributed by atoms with Gasteiger partial charge in [0.25, 0.3) is 5.56 Å². The molecule has 200 valence electrons. The molecule has 2 aromatic heterocycles. The average Bonchev–Trinajstić information content (AvgIpc) is 2.91. The molecule has 0 unspecified atom stereocenters. The van der Waals surface area contributed by atoms with Crippen LogP contribution in [0.15, 0.2) is 59.9 Å². The summed E-state index contributed by atoms with van der Waals surface area (Å²) in [6, 6.07) is 10.6. The lowest BCUT2D eigenvalue weighted by atomic mass is 10.2. The molecule has 3 N–H and O–H groups in total. The summed E-state index contributed by atoms with van der Waals surface area (Å²) in [6.45, 7) is 1.27. The summed E-state index contributed by atoms with van der Waals surface area (Å²) in [6.07, 6.45) is 2.64. The van der Waals surface area contributed by atoms with Gasteiger partial charge in [-0.2, -0.15) is 0 Å². The Kier molecular flexibility index (Phi) is 8.06. The van der Waals surface area contributed by atoms with E-state index >= 15 is 0 Å². The number of ether oxygens (including phenoxy) is 3. The number of hydrogen-bond acceptors (Lipinski definition) is 10. The van der Waals surface area contributed by atoms with Crippen LogP contribution >= 0.6 is 11.6 Å². The highest BCUT2D eigenvalue weighted by molar-refractivity contribution is 6.31. The first-order valence-electron chi connectivity index (χ1n) is 11.2. The van der Waals surface area contributed by atoms with E-state index in [9.17, 15) is 19.1 Å². The molecule has 0 radical (unpaired) electrons. The van der Waals surface area contributed by atoms with E-state index in [0.29, 0.717) is 39.1 Å². The zero-order valence-corrected chi connectivity index (χ0v) is 21.5. The highest BCUT2D eigenvalue weighted by atomic mass is 35.5. The highest BCUT2D eigenvalue weighted by Gasteiger charge is 2.13. The summed E-state index contributed by atoms with van der Waals surface area (Å²) < 4.78 is 29.0. The SMILES string of the molecule is COc1cc2nc[nH]c(=O)c2cc1OC(C)=O.COc1cc2ncnc(Nc3cccc(Cl)c3F)c2cc1O. The van der Waals surface area contributed by atoms with E-state index in [2.05, 4.69) is 25.3 Å². The second-order valence-corrected chi connectivity index (χ2v) is 8.24. The van der Waals surface area contributed by atoms with E-state index in [0.717, 1.165) is 0 Å². The van der Waals surface area contributed by atoms with Crippen LogP contribution in [0.2, 0.25) is 5.02 Å². The Morgan fingerprint density at radius 2 is 1.72 bits per heavy atom. The average molecular weight is 554 g/mol. The number of aromatic hydroxyl groups is 1. The summed E-state index contributed by atoms with van der Waals surface area (Å²) in [5, 5.41) is 13.6. The zero-order valence-electron chi connectivity index (χ0n) is 20.8. The topological polar surface area (TPSA) is 149 Å². The first-order chi connectivity index (χ1) is 18.7. The van der Waals surface area contributed by atoms with E-state index in [1.165, 1.54) is 52.0 Å². The lowest BCUT2D eigenvalue weighted by Crippen LogP contribution is -2.08. The second kappa shape index (κ2) is 11.6. The third-order valence-electron chi connectivity index (χ3n) is 5.32. The predicted molar refractivity (Wildman–Crippen MR) is 143 cm³/mol. The van der Waals surface area contributed by atoms with Gasteiger partial charge in [0.15, 0.2) is 28.8 Å². The van der Waals surface area contributed by atoms with E-state index in [1.807, 2.05) is 0 Å². The largest absolute Gasteiger partial charge is 0.504 e. The number of rotatable bonds is 5. The smallest absolute Gasteiger partial charge is 0.308 e. The maximum Gasteiger partial charge on any atom is 0.308 e. The molecule has 13 heteroatoms. The fraction of sp³-hybridized carbons (Fsp3) is 0.115. The lowest BCUT2D eigenvalue weighted by molar-refractivity contribution is -0.132. The molecule has 0 saturated heterocycles. The molecular formula is C26H21ClFN5O6. The number of halogens is 2. The van der Waals surface area contributed by atoms with Gasteiger partial charge in [-0.3, -0.25) is 9.59 Å². The van der Waals surface area contributed by atoms with Crippen LogP contribution in [-0.4, -0.2) is 45.2 Å². The first-order valence-corrected chi connectivity index (χ1v) is 11.6. The molecule has 0 spiro atoms. The van der Waals surface area contributed by atoms with E-state index < -0.39 is 11.8 Å². The molecule has 3 aromatic carbocycles. The number of carbonyl (C=O) groups is 1. The van der Waals surface area contributed by atoms with Gasteiger partial charge in [0, 0.05) is 24.4 Å². The molecule has 0 bridgehead atoms. The Bertz CT molecular complexity index is 1750. The van der Waals surface area contributed by atoms with Crippen molar-refractivity contribution in [1.29, 1.82) is 0 Å². The van der Waals surface area contributed by atoms with Crippen LogP contribution in [0.1, 0.15) is 6.92 Å². The minimum absolute atomic E-state index is 0.00729. The van der Waals surface area contributed by atoms with Crippen molar-refractivity contribution >= 4 is 50.9 Å². The minimum Gasteiger partial charge on any atom is -0.504 e. The van der Waals surface area contributed by atoms with Crippen molar-refractivity contribution in [2.24, 2.45) is 0 Å². The van der Waals surface area contributed by atoms with E-state index in [4.69, 9.17) is 25.8 Å². The number of esters is 1. The van der Waals surface area contributed by atoms with Crippen LogP contribution in [0.25, 0.3) is 21.8 Å². The van der Waals surface area contributed by atoms with Crippen LogP contribution in [0, 0.1) is 5.82 Å². The van der Waals surface area contributed by atoms with Gasteiger partial charge in [-0.15, -0.1) is 0 Å². The maximum absolute atomic E-state index is 14.0. The van der Waals surface area contributed by atoms with Gasteiger partial charge in [-0.05, 0) is 24.3 Å². The molecule has 0 aliphatic rings. The van der Waals surface area contributed by atoms with Gasteiger partial charge in [0.05, 0.1) is 47.7 Å². The number of fused-ring (bicyclic) bond motifs is 2. The number of aromatic nitrogens is 4. The third kappa shape index (κ3) is 5.96. The summed E-state index contributed by atoms with van der Waals surface area (Å²) in [5.41, 5.74) is 0.907. The number of phenolic OH excluding ortho intramolecular Hbond substituents is 1. The van der Waals surface area contributed by atoms with E-state index in [-0.39, 0.29) is 27.8 Å². The summed E-state index contributed by atoms with van der Waals surface area (Å²) in [4.78, 5) is 37.1. The van der Waals surface area contributed by atoms with Crippen LogP contribution in [0.3, 0.4) is 0 Å². The van der Waals surface area contributed by atoms with Crippen LogP contribution in [0.4, 0.5) is 15.9 Å². The molecule has 0 saturated carbocycles. The summed E-state index contributed by atoms with van der Waals surface area (Å²) in [7, 11) is 2.89. The molecule has 2 heterocycles. The molecule has 0 fully saturated rings. The van der Waals surface area contributed by atoms with Gasteiger partial charge in [0.2, 0.25) is 0 Å². The fourth-order valence-electron chi connectivity index (χ4n) is 3.53. The Labute approximate surface area is 225 Å². The Hall–Kier alpha value is -4.97. The van der Waals surface area contributed by atoms with Crippen molar-refractivity contribution in [2.45, 2.75) is 6.92 Å². The Morgan fingerprint density at radius 3 is 2.44 bits per heavy atom. The number of nitrogens with one attached hydrogen (secondary N) is 2. The van der Waals surface area contributed by atoms with Crippen molar-refractivity contribution < 1.29 is 28.5 Å². The monoisotopic (exact) mass is 553 g/mol. The van der Waals surface area contributed by atoms with Crippen molar-refractivity contribution in [1.82, 2.24) is 19.9 Å². The Balaban J connectivity index is 0.000000187. The van der Waals surface area contributed by atoms with E-state index in [1.54, 1.807) is 24.3 Å². The number of phenols is 1. The zero-order chi connectivity index (χ0) is 28.1. The number of aromatic amines is 1. The number of anilines is 2. The Morgan fingerprint density at radius 1 is 1.00 bits per heavy atom. The summed E-state index contributed by atoms with van der Waals surface area (Å²) >= 11 is 5.76. The summed E-state index contributed by atoms with van der Waals surface area (Å²) in [5.74, 6) is 0.0862. The number of H-pyrrole nitrogens is 1. The van der Waals surface area contributed by atoms with Gasteiger partial charge in [-0.25, -0.2) is 19.3 Å². The fourth-order valence-corrected chi connectivity index (χ4v) is 3.71. The highest BCUT2D eigenvalue weighted by Crippen LogP contribution is 2.34. The lowest BCUT2D eigenvalue weighted by Gasteiger charge is -2.11. The number of methoxy groups -OCH3 is 2.